The van der Waals surface area contributed by atoms with E-state index in [4.69, 9.17) is 4.74 Å². The van der Waals surface area contributed by atoms with Gasteiger partial charge in [0.05, 0.1) is 12.0 Å². The molecule has 1 saturated carbocycles. The maximum absolute atomic E-state index is 13.6. The monoisotopic (exact) mass is 417 g/mol. The van der Waals surface area contributed by atoms with Gasteiger partial charge in [0, 0.05) is 11.3 Å². The first-order valence-corrected chi connectivity index (χ1v) is 12.1. The van der Waals surface area contributed by atoms with E-state index >= 15 is 0 Å². The summed E-state index contributed by atoms with van der Waals surface area (Å²) in [4.78, 5) is 28.1. The minimum Gasteiger partial charge on any atom is -0.464 e. The lowest BCUT2D eigenvalue weighted by Gasteiger charge is -2.35. The summed E-state index contributed by atoms with van der Waals surface area (Å²) in [6.07, 6.45) is 6.78. The fourth-order valence-electron chi connectivity index (χ4n) is 4.31. The van der Waals surface area contributed by atoms with Gasteiger partial charge in [-0.25, -0.2) is 4.79 Å². The molecule has 4 nitrogen and oxygen atoms in total. The van der Waals surface area contributed by atoms with Crippen molar-refractivity contribution in [1.82, 2.24) is 4.90 Å². The molecular formula is C24H35NO3S. The van der Waals surface area contributed by atoms with Gasteiger partial charge in [0.15, 0.2) is 0 Å². The number of carbonyl (C=O) groups excluding carboxylic acids is 2. The molecule has 2 aliphatic rings. The molecule has 0 bridgehead atoms. The van der Waals surface area contributed by atoms with Crippen LogP contribution in [0.25, 0.3) is 0 Å². The molecular weight excluding hydrogens is 382 g/mol. The van der Waals surface area contributed by atoms with Crippen LogP contribution in [0.1, 0.15) is 82.1 Å². The third-order valence-corrected chi connectivity index (χ3v) is 7.50. The third kappa shape index (κ3) is 5.17. The van der Waals surface area contributed by atoms with Crippen LogP contribution in [0.3, 0.4) is 0 Å². The van der Waals surface area contributed by atoms with Crippen molar-refractivity contribution < 1.29 is 14.3 Å². The van der Waals surface area contributed by atoms with Crippen LogP contribution in [0.15, 0.2) is 24.3 Å². The average molecular weight is 418 g/mol. The number of benzene rings is 1. The molecule has 0 N–H and O–H groups in total. The van der Waals surface area contributed by atoms with Crippen molar-refractivity contribution in [3.8, 4) is 0 Å². The summed E-state index contributed by atoms with van der Waals surface area (Å²) in [6.45, 7) is 8.90. The van der Waals surface area contributed by atoms with Crippen molar-refractivity contribution >= 4 is 23.6 Å². The molecule has 29 heavy (non-hydrogen) atoms. The van der Waals surface area contributed by atoms with E-state index in [1.807, 2.05) is 36.1 Å². The normalized spacial score (nSPS) is 23.2. The van der Waals surface area contributed by atoms with E-state index in [0.717, 1.165) is 19.3 Å². The SMILES string of the molecule is CCCOC(=O)C1CSC(C2CCCCC2)N1C(=O)c1ccc(C(C)(C)C)cc1. The van der Waals surface area contributed by atoms with Gasteiger partial charge < -0.3 is 9.64 Å². The van der Waals surface area contributed by atoms with Crippen molar-refractivity contribution in [2.45, 2.75) is 83.1 Å². The largest absolute Gasteiger partial charge is 0.464 e. The Labute approximate surface area is 179 Å². The molecule has 1 heterocycles. The van der Waals surface area contributed by atoms with Gasteiger partial charge in [0.2, 0.25) is 0 Å². The van der Waals surface area contributed by atoms with E-state index in [9.17, 15) is 9.59 Å². The van der Waals surface area contributed by atoms with Crippen LogP contribution in [-0.2, 0) is 14.9 Å². The Balaban J connectivity index is 1.85. The van der Waals surface area contributed by atoms with Crippen LogP contribution in [-0.4, -0.2) is 40.6 Å². The Kier molecular flexibility index (Phi) is 7.31. The smallest absolute Gasteiger partial charge is 0.329 e. The Morgan fingerprint density at radius 2 is 1.76 bits per heavy atom. The number of ether oxygens (including phenoxy) is 1. The van der Waals surface area contributed by atoms with Crippen molar-refractivity contribution in [3.63, 3.8) is 0 Å². The summed E-state index contributed by atoms with van der Waals surface area (Å²) in [5.41, 5.74) is 1.91. The van der Waals surface area contributed by atoms with E-state index in [-0.39, 0.29) is 22.7 Å². The van der Waals surface area contributed by atoms with Crippen LogP contribution in [0.5, 0.6) is 0 Å². The standard InChI is InChI=1S/C24H35NO3S/c1-5-15-28-23(27)20-16-29-22(18-9-7-6-8-10-18)25(20)21(26)17-11-13-19(14-12-17)24(2,3)4/h11-14,18,20,22H,5-10,15-16H2,1-4H3. The lowest BCUT2D eigenvalue weighted by Crippen LogP contribution is -2.48. The van der Waals surface area contributed by atoms with Crippen LogP contribution in [0.2, 0.25) is 0 Å². The lowest BCUT2D eigenvalue weighted by molar-refractivity contribution is -0.148. The Hall–Kier alpha value is -1.49. The number of rotatable bonds is 5. The van der Waals surface area contributed by atoms with Gasteiger partial charge in [-0.15, -0.1) is 11.8 Å². The molecule has 2 atom stereocenters. The van der Waals surface area contributed by atoms with E-state index < -0.39 is 6.04 Å². The summed E-state index contributed by atoms with van der Waals surface area (Å²) in [6, 6.07) is 7.43. The maximum atomic E-state index is 13.6. The van der Waals surface area contributed by atoms with Crippen molar-refractivity contribution in [1.29, 1.82) is 0 Å². The molecule has 3 rings (SSSR count). The quantitative estimate of drug-likeness (QED) is 0.602. The molecule has 5 heteroatoms. The Bertz CT molecular complexity index is 704. The van der Waals surface area contributed by atoms with E-state index in [0.29, 0.717) is 23.8 Å². The zero-order chi connectivity index (χ0) is 21.0. The Morgan fingerprint density at radius 1 is 1.10 bits per heavy atom. The predicted octanol–water partition coefficient (Wildman–Crippen LogP) is 5.40. The molecule has 2 fully saturated rings. The Morgan fingerprint density at radius 3 is 2.34 bits per heavy atom. The second kappa shape index (κ2) is 9.55. The van der Waals surface area contributed by atoms with Crippen molar-refractivity contribution in [3.05, 3.63) is 35.4 Å². The first kappa shape index (κ1) is 22.2. The summed E-state index contributed by atoms with van der Waals surface area (Å²) in [5.74, 6) is 0.813. The molecule has 1 amide bonds. The number of nitrogens with zero attached hydrogens (tertiary/aromatic N) is 1. The van der Waals surface area contributed by atoms with Gasteiger partial charge in [0.1, 0.15) is 6.04 Å². The van der Waals surface area contributed by atoms with Crippen LogP contribution in [0, 0.1) is 5.92 Å². The summed E-state index contributed by atoms with van der Waals surface area (Å²) in [7, 11) is 0. The number of thioether (sulfide) groups is 1. The van der Waals surface area contributed by atoms with E-state index in [2.05, 4.69) is 20.8 Å². The van der Waals surface area contributed by atoms with E-state index in [1.54, 1.807) is 11.8 Å². The van der Waals surface area contributed by atoms with Gasteiger partial charge in [0.25, 0.3) is 5.91 Å². The van der Waals surface area contributed by atoms with Crippen LogP contribution >= 0.6 is 11.8 Å². The number of hydrogen-bond acceptors (Lipinski definition) is 4. The minimum absolute atomic E-state index is 0.0375. The van der Waals surface area contributed by atoms with Crippen LogP contribution < -0.4 is 0 Å². The molecule has 0 radical (unpaired) electrons. The minimum atomic E-state index is -0.478. The number of amides is 1. The zero-order valence-corrected chi connectivity index (χ0v) is 19.1. The summed E-state index contributed by atoms with van der Waals surface area (Å²) >= 11 is 1.76. The maximum Gasteiger partial charge on any atom is 0.329 e. The molecule has 1 aromatic rings. The molecule has 2 unspecified atom stereocenters. The molecule has 1 aliphatic heterocycles. The second-order valence-electron chi connectivity index (χ2n) is 9.35. The highest BCUT2D eigenvalue weighted by atomic mass is 32.2. The van der Waals surface area contributed by atoms with Gasteiger partial charge in [-0.3, -0.25) is 4.79 Å². The van der Waals surface area contributed by atoms with E-state index in [1.165, 1.54) is 24.8 Å². The van der Waals surface area contributed by atoms with Crippen LogP contribution in [0.4, 0.5) is 0 Å². The fraction of sp³-hybridized carbons (Fsp3) is 0.667. The number of carbonyl (C=O) groups is 2. The molecule has 1 aromatic carbocycles. The van der Waals surface area contributed by atoms with Crippen molar-refractivity contribution in [2.24, 2.45) is 5.92 Å². The predicted molar refractivity (Wildman–Crippen MR) is 119 cm³/mol. The number of esters is 1. The summed E-state index contributed by atoms with van der Waals surface area (Å²) < 4.78 is 5.44. The second-order valence-corrected chi connectivity index (χ2v) is 10.5. The molecule has 160 valence electrons. The van der Waals surface area contributed by atoms with Gasteiger partial charge in [-0.1, -0.05) is 59.1 Å². The average Bonchev–Trinajstić information content (AvgIpc) is 3.16. The van der Waals surface area contributed by atoms with Gasteiger partial charge >= 0.3 is 5.97 Å². The first-order valence-electron chi connectivity index (χ1n) is 11.0. The van der Waals surface area contributed by atoms with Gasteiger partial charge in [-0.2, -0.15) is 0 Å². The number of hydrogen-bond donors (Lipinski definition) is 0. The van der Waals surface area contributed by atoms with Gasteiger partial charge in [-0.05, 0) is 48.3 Å². The molecule has 0 spiro atoms. The summed E-state index contributed by atoms with van der Waals surface area (Å²) in [5, 5.41) is 0.0734. The fourth-order valence-corrected chi connectivity index (χ4v) is 5.93. The molecule has 0 aromatic heterocycles. The lowest BCUT2D eigenvalue weighted by atomic mass is 9.86. The topological polar surface area (TPSA) is 46.6 Å². The molecule has 1 aliphatic carbocycles. The first-order chi connectivity index (χ1) is 13.8. The highest BCUT2D eigenvalue weighted by molar-refractivity contribution is 8.00. The highest BCUT2D eigenvalue weighted by Gasteiger charge is 2.45. The zero-order valence-electron chi connectivity index (χ0n) is 18.3. The highest BCUT2D eigenvalue weighted by Crippen LogP contribution is 2.41. The molecule has 1 saturated heterocycles. The van der Waals surface area contributed by atoms with Crippen molar-refractivity contribution in [2.75, 3.05) is 12.4 Å². The third-order valence-electron chi connectivity index (χ3n) is 6.04.